The molecule has 2 aliphatic rings. The number of Topliss-reactive ketones (excluding diaryl/α,β-unsaturated/α-hetero) is 1. The van der Waals surface area contributed by atoms with E-state index in [4.69, 9.17) is 9.94 Å². The van der Waals surface area contributed by atoms with Gasteiger partial charge < -0.3 is 4.74 Å². The lowest BCUT2D eigenvalue weighted by Crippen LogP contribution is -2.52. The molecular formula is C29H28N2O4. The van der Waals surface area contributed by atoms with Crippen molar-refractivity contribution in [2.45, 2.75) is 37.5 Å². The van der Waals surface area contributed by atoms with Crippen molar-refractivity contribution in [2.24, 2.45) is 0 Å². The number of rotatable bonds is 5. The molecule has 6 heteroatoms. The molecule has 1 fully saturated rings. The zero-order valence-electron chi connectivity index (χ0n) is 19.4. The Labute approximate surface area is 204 Å². The number of fused-ring (bicyclic) bond motifs is 1. The predicted molar refractivity (Wildman–Crippen MR) is 133 cm³/mol. The summed E-state index contributed by atoms with van der Waals surface area (Å²) in [7, 11) is 0. The van der Waals surface area contributed by atoms with Gasteiger partial charge in [0.2, 0.25) is 0 Å². The number of ether oxygens (including phenoxy) is 1. The van der Waals surface area contributed by atoms with Crippen LogP contribution in [0.1, 0.15) is 52.4 Å². The van der Waals surface area contributed by atoms with E-state index in [1.54, 1.807) is 23.7 Å². The summed E-state index contributed by atoms with van der Waals surface area (Å²) in [6.45, 7) is 1.67. The summed E-state index contributed by atoms with van der Waals surface area (Å²) in [5.74, 6) is 0.0169. The van der Waals surface area contributed by atoms with Gasteiger partial charge in [-0.25, -0.2) is 5.48 Å². The molecule has 2 unspecified atom stereocenters. The van der Waals surface area contributed by atoms with Crippen molar-refractivity contribution in [1.29, 1.82) is 0 Å². The van der Waals surface area contributed by atoms with Gasteiger partial charge in [0.05, 0.1) is 12.0 Å². The number of piperidine rings is 1. The molecule has 0 aromatic heterocycles. The average molecular weight is 469 g/mol. The number of nitrogens with one attached hydrogen (secondary N) is 1. The molecule has 1 saturated heterocycles. The number of ketones is 1. The number of amides is 1. The molecule has 3 aromatic carbocycles. The molecule has 1 spiro atoms. The van der Waals surface area contributed by atoms with Crippen molar-refractivity contribution in [3.63, 3.8) is 0 Å². The molecular weight excluding hydrogens is 440 g/mol. The Morgan fingerprint density at radius 1 is 1.09 bits per heavy atom. The maximum atomic E-state index is 13.3. The number of hydrogen-bond donors (Lipinski definition) is 2. The van der Waals surface area contributed by atoms with E-state index in [1.807, 2.05) is 18.2 Å². The maximum absolute atomic E-state index is 13.3. The lowest BCUT2D eigenvalue weighted by atomic mass is 9.77. The summed E-state index contributed by atoms with van der Waals surface area (Å²) in [6, 6.07) is 26.4. The number of hydrogen-bond acceptors (Lipinski definition) is 5. The normalized spacial score (nSPS) is 22.1. The molecule has 2 atom stereocenters. The molecule has 6 nitrogen and oxygen atoms in total. The first-order valence-electron chi connectivity index (χ1n) is 11.9. The van der Waals surface area contributed by atoms with Crippen LogP contribution in [0.25, 0.3) is 6.08 Å². The molecule has 3 aromatic rings. The molecule has 2 N–H and O–H groups in total. The van der Waals surface area contributed by atoms with Crippen LogP contribution in [0.2, 0.25) is 0 Å². The first kappa shape index (κ1) is 23.0. The standard InChI is InChI=1S/C29H28N2O4/c32-26-19-29(35-27-13-11-21(17-24(26)27)12-14-28(33)30-34)15-16-31(20-22-7-3-1-4-8-22)25(18-29)23-9-5-2-6-10-23/h1-14,17,25,34H,15-16,18-20H2,(H,30,33)/b14-12+. The molecule has 0 bridgehead atoms. The minimum atomic E-state index is -0.626. The second kappa shape index (κ2) is 9.86. The highest BCUT2D eigenvalue weighted by atomic mass is 16.5. The third kappa shape index (κ3) is 5.04. The second-order valence-corrected chi connectivity index (χ2v) is 9.29. The average Bonchev–Trinajstić information content (AvgIpc) is 2.90. The third-order valence-corrected chi connectivity index (χ3v) is 6.92. The van der Waals surface area contributed by atoms with Crippen LogP contribution < -0.4 is 10.2 Å². The molecule has 0 radical (unpaired) electrons. The Morgan fingerprint density at radius 3 is 2.57 bits per heavy atom. The van der Waals surface area contributed by atoms with E-state index < -0.39 is 11.5 Å². The van der Waals surface area contributed by atoms with E-state index in [1.165, 1.54) is 17.2 Å². The van der Waals surface area contributed by atoms with Gasteiger partial charge in [-0.05, 0) is 34.9 Å². The number of carbonyl (C=O) groups is 2. The van der Waals surface area contributed by atoms with E-state index in [9.17, 15) is 9.59 Å². The van der Waals surface area contributed by atoms with Crippen molar-refractivity contribution in [3.05, 3.63) is 107 Å². The minimum absolute atomic E-state index is 0.0523. The molecule has 2 heterocycles. The van der Waals surface area contributed by atoms with Crippen LogP contribution in [0.5, 0.6) is 5.75 Å². The Bertz CT molecular complexity index is 1240. The van der Waals surface area contributed by atoms with Gasteiger partial charge in [0.25, 0.3) is 5.91 Å². The first-order valence-corrected chi connectivity index (χ1v) is 11.9. The number of carbonyl (C=O) groups excluding carboxylic acids is 2. The van der Waals surface area contributed by atoms with Crippen molar-refractivity contribution in [2.75, 3.05) is 6.54 Å². The molecule has 178 valence electrons. The van der Waals surface area contributed by atoms with E-state index >= 15 is 0 Å². The Kier molecular flexibility index (Phi) is 6.49. The van der Waals surface area contributed by atoms with Crippen molar-refractivity contribution in [1.82, 2.24) is 10.4 Å². The van der Waals surface area contributed by atoms with Gasteiger partial charge >= 0.3 is 0 Å². The highest BCUT2D eigenvalue weighted by molar-refractivity contribution is 6.01. The Hall–Kier alpha value is -3.74. The zero-order chi connectivity index (χ0) is 24.3. The van der Waals surface area contributed by atoms with Crippen LogP contribution in [-0.4, -0.2) is 33.9 Å². The molecule has 35 heavy (non-hydrogen) atoms. The summed E-state index contributed by atoms with van der Waals surface area (Å²) in [5, 5.41) is 8.66. The van der Waals surface area contributed by atoms with Gasteiger partial charge in [0, 0.05) is 38.0 Å². The molecule has 1 amide bonds. The molecule has 0 saturated carbocycles. The zero-order valence-corrected chi connectivity index (χ0v) is 19.4. The van der Waals surface area contributed by atoms with E-state index in [0.717, 1.165) is 25.9 Å². The number of nitrogens with zero attached hydrogens (tertiary/aromatic N) is 1. The van der Waals surface area contributed by atoms with Crippen LogP contribution in [-0.2, 0) is 11.3 Å². The van der Waals surface area contributed by atoms with Gasteiger partial charge in [-0.2, -0.15) is 0 Å². The van der Waals surface area contributed by atoms with E-state index in [2.05, 4.69) is 53.4 Å². The van der Waals surface area contributed by atoms with Gasteiger partial charge in [-0.15, -0.1) is 0 Å². The van der Waals surface area contributed by atoms with Gasteiger partial charge in [0.15, 0.2) is 5.78 Å². The van der Waals surface area contributed by atoms with Crippen LogP contribution in [0.3, 0.4) is 0 Å². The first-order chi connectivity index (χ1) is 17.0. The Morgan fingerprint density at radius 2 is 1.83 bits per heavy atom. The van der Waals surface area contributed by atoms with Crippen LogP contribution in [0.4, 0.5) is 0 Å². The van der Waals surface area contributed by atoms with E-state index in [0.29, 0.717) is 23.3 Å². The quantitative estimate of drug-likeness (QED) is 0.315. The highest BCUT2D eigenvalue weighted by Crippen LogP contribution is 2.45. The summed E-state index contributed by atoms with van der Waals surface area (Å²) in [4.78, 5) is 27.1. The summed E-state index contributed by atoms with van der Waals surface area (Å²) in [6.07, 6.45) is 4.59. The van der Waals surface area contributed by atoms with Crippen molar-refractivity contribution >= 4 is 17.8 Å². The fraction of sp³-hybridized carbons (Fsp3) is 0.241. The van der Waals surface area contributed by atoms with E-state index in [-0.39, 0.29) is 11.8 Å². The fourth-order valence-corrected chi connectivity index (χ4v) is 5.18. The maximum Gasteiger partial charge on any atom is 0.267 e. The second-order valence-electron chi connectivity index (χ2n) is 9.29. The van der Waals surface area contributed by atoms with Crippen molar-refractivity contribution < 1.29 is 19.5 Å². The lowest BCUT2D eigenvalue weighted by Gasteiger charge is -2.48. The number of benzene rings is 3. The third-order valence-electron chi connectivity index (χ3n) is 6.92. The SMILES string of the molecule is O=C(/C=C/c1ccc2c(c1)C(=O)CC1(CCN(Cc3ccccc3)C(c3ccccc3)C1)O2)NO. The van der Waals surface area contributed by atoms with Crippen LogP contribution >= 0.6 is 0 Å². The smallest absolute Gasteiger partial charge is 0.267 e. The van der Waals surface area contributed by atoms with Crippen molar-refractivity contribution in [3.8, 4) is 5.75 Å². The molecule has 0 aliphatic carbocycles. The molecule has 2 aliphatic heterocycles. The number of hydroxylamine groups is 1. The highest BCUT2D eigenvalue weighted by Gasteiger charge is 2.46. The fourth-order valence-electron chi connectivity index (χ4n) is 5.18. The summed E-state index contributed by atoms with van der Waals surface area (Å²) < 4.78 is 6.59. The van der Waals surface area contributed by atoms with Crippen LogP contribution in [0, 0.1) is 0 Å². The van der Waals surface area contributed by atoms with Crippen LogP contribution in [0.15, 0.2) is 84.9 Å². The minimum Gasteiger partial charge on any atom is -0.486 e. The summed E-state index contributed by atoms with van der Waals surface area (Å²) >= 11 is 0. The summed E-state index contributed by atoms with van der Waals surface area (Å²) in [5.41, 5.74) is 4.74. The Balaban J connectivity index is 1.41. The molecule has 5 rings (SSSR count). The van der Waals surface area contributed by atoms with Gasteiger partial charge in [-0.1, -0.05) is 66.7 Å². The lowest BCUT2D eigenvalue weighted by molar-refractivity contribution is -0.124. The predicted octanol–water partition coefficient (Wildman–Crippen LogP) is 4.95. The monoisotopic (exact) mass is 468 g/mol. The van der Waals surface area contributed by atoms with Gasteiger partial charge in [-0.3, -0.25) is 19.7 Å². The van der Waals surface area contributed by atoms with Gasteiger partial charge in [0.1, 0.15) is 11.4 Å². The number of likely N-dealkylation sites (tertiary alicyclic amines) is 1. The largest absolute Gasteiger partial charge is 0.486 e. The topological polar surface area (TPSA) is 78.9 Å².